The summed E-state index contributed by atoms with van der Waals surface area (Å²) in [6.07, 6.45) is 0. The lowest BCUT2D eigenvalue weighted by Gasteiger charge is -2.19. The highest BCUT2D eigenvalue weighted by Crippen LogP contribution is 2.55. The summed E-state index contributed by atoms with van der Waals surface area (Å²) in [7, 11) is -3.21. The van der Waals surface area contributed by atoms with E-state index in [1.54, 1.807) is 0 Å². The quantitative estimate of drug-likeness (QED) is 0.186. The minimum absolute atomic E-state index is 0.864. The lowest BCUT2D eigenvalue weighted by atomic mass is 9.98. The van der Waals surface area contributed by atoms with Crippen molar-refractivity contribution >= 4 is 44.9 Å². The molecule has 1 aromatic heterocycles. The van der Waals surface area contributed by atoms with Gasteiger partial charge in [-0.05, 0) is 57.6 Å². The number of hydrogen-bond acceptors (Lipinski definition) is 1. The molecule has 8 aromatic rings. The monoisotopic (exact) mass is 593 g/mol. The molecule has 0 fully saturated rings. The zero-order valence-electron chi connectivity index (χ0n) is 24.5. The second-order valence-electron chi connectivity index (χ2n) is 11.7. The van der Waals surface area contributed by atoms with Crippen LogP contribution in [0.25, 0.3) is 60.9 Å². The predicted molar refractivity (Wildman–Crippen MR) is 190 cm³/mol. The van der Waals surface area contributed by atoms with Crippen LogP contribution >= 0.6 is 7.14 Å². The van der Waals surface area contributed by atoms with Gasteiger partial charge in [-0.3, -0.25) is 0 Å². The summed E-state index contributed by atoms with van der Waals surface area (Å²) in [4.78, 5) is 0. The standard InChI is InChI=1S/C42H28NOP/c44-45(34-18-8-3-9-19-34)40-23-13-11-21-36(40)38-25-24-37-35-20-10-12-22-39(35)43(41(37)42(38)45)33-27-31(29-14-4-1-5-15-29)26-32(28-33)30-16-6-2-7-17-30/h1-28H. The Morgan fingerprint density at radius 3 is 1.71 bits per heavy atom. The molecule has 3 heteroatoms. The van der Waals surface area contributed by atoms with Gasteiger partial charge in [-0.1, -0.05) is 146 Å². The van der Waals surface area contributed by atoms with Crippen molar-refractivity contribution in [3.05, 3.63) is 170 Å². The van der Waals surface area contributed by atoms with Gasteiger partial charge in [0.15, 0.2) is 7.14 Å². The number of nitrogens with zero attached hydrogens (tertiary/aromatic N) is 1. The molecule has 0 saturated heterocycles. The van der Waals surface area contributed by atoms with Crippen LogP contribution in [0.5, 0.6) is 0 Å². The number of rotatable bonds is 4. The summed E-state index contributed by atoms with van der Waals surface area (Å²) in [6.45, 7) is 0. The maximum Gasteiger partial charge on any atom is 0.174 e. The maximum atomic E-state index is 15.9. The molecule has 0 radical (unpaired) electrons. The third kappa shape index (κ3) is 3.86. The van der Waals surface area contributed by atoms with E-state index in [1.165, 1.54) is 0 Å². The Labute approximate surface area is 262 Å². The fourth-order valence-electron chi connectivity index (χ4n) is 7.18. The topological polar surface area (TPSA) is 22.0 Å². The summed E-state index contributed by atoms with van der Waals surface area (Å²) in [5, 5.41) is 4.97. The van der Waals surface area contributed by atoms with Gasteiger partial charge < -0.3 is 9.13 Å². The van der Waals surface area contributed by atoms with E-state index in [1.807, 2.05) is 36.4 Å². The fraction of sp³-hybridized carbons (Fsp3) is 0. The van der Waals surface area contributed by atoms with Gasteiger partial charge in [-0.2, -0.15) is 0 Å². The molecule has 45 heavy (non-hydrogen) atoms. The zero-order valence-corrected chi connectivity index (χ0v) is 25.4. The summed E-state index contributed by atoms with van der Waals surface area (Å²) in [6, 6.07) is 59.3. The van der Waals surface area contributed by atoms with Crippen molar-refractivity contribution in [2.75, 3.05) is 0 Å². The van der Waals surface area contributed by atoms with E-state index in [2.05, 4.69) is 138 Å². The molecule has 1 aliphatic heterocycles. The predicted octanol–water partition coefficient (Wildman–Crippen LogP) is 9.74. The van der Waals surface area contributed by atoms with Crippen LogP contribution in [0.1, 0.15) is 0 Å². The smallest absolute Gasteiger partial charge is 0.174 e. The van der Waals surface area contributed by atoms with Crippen molar-refractivity contribution in [3.8, 4) is 39.1 Å². The van der Waals surface area contributed by atoms with Gasteiger partial charge in [-0.15, -0.1) is 0 Å². The number of hydrogen-bond donors (Lipinski definition) is 0. The van der Waals surface area contributed by atoms with Crippen molar-refractivity contribution in [2.24, 2.45) is 0 Å². The van der Waals surface area contributed by atoms with Gasteiger partial charge in [0.25, 0.3) is 0 Å². The Hall–Kier alpha value is -5.43. The lowest BCUT2D eigenvalue weighted by molar-refractivity contribution is 0.593. The van der Waals surface area contributed by atoms with Crippen LogP contribution in [0.4, 0.5) is 0 Å². The van der Waals surface area contributed by atoms with Crippen molar-refractivity contribution < 1.29 is 4.57 Å². The Morgan fingerprint density at radius 2 is 1.02 bits per heavy atom. The van der Waals surface area contributed by atoms with E-state index < -0.39 is 7.14 Å². The van der Waals surface area contributed by atoms with Crippen LogP contribution in [0.2, 0.25) is 0 Å². The highest BCUT2D eigenvalue weighted by Gasteiger charge is 2.42. The van der Waals surface area contributed by atoms with Crippen LogP contribution in [-0.2, 0) is 4.57 Å². The second-order valence-corrected chi connectivity index (χ2v) is 14.3. The van der Waals surface area contributed by atoms with Crippen molar-refractivity contribution in [1.82, 2.24) is 4.57 Å². The molecule has 9 rings (SSSR count). The third-order valence-electron chi connectivity index (χ3n) is 9.17. The van der Waals surface area contributed by atoms with Crippen LogP contribution in [0, 0.1) is 0 Å². The summed E-state index contributed by atoms with van der Waals surface area (Å²) < 4.78 is 18.3. The van der Waals surface area contributed by atoms with Crippen molar-refractivity contribution in [2.45, 2.75) is 0 Å². The first-order valence-electron chi connectivity index (χ1n) is 15.3. The number of aromatic nitrogens is 1. The Morgan fingerprint density at radius 1 is 0.444 bits per heavy atom. The molecule has 0 N–H and O–H groups in total. The molecular formula is C42H28NOP. The first-order valence-corrected chi connectivity index (χ1v) is 17.0. The van der Waals surface area contributed by atoms with E-state index in [-0.39, 0.29) is 0 Å². The average molecular weight is 594 g/mol. The number of fused-ring (bicyclic) bond motifs is 7. The van der Waals surface area contributed by atoms with Crippen LogP contribution in [0.3, 0.4) is 0 Å². The van der Waals surface area contributed by atoms with Crippen molar-refractivity contribution in [3.63, 3.8) is 0 Å². The van der Waals surface area contributed by atoms with Crippen LogP contribution < -0.4 is 15.9 Å². The first-order chi connectivity index (χ1) is 22.2. The van der Waals surface area contributed by atoms with E-state index >= 15 is 4.57 Å². The fourth-order valence-corrected chi connectivity index (χ4v) is 10.4. The lowest BCUT2D eigenvalue weighted by Crippen LogP contribution is -2.22. The Balaban J connectivity index is 1.45. The minimum Gasteiger partial charge on any atom is -0.309 e. The van der Waals surface area contributed by atoms with E-state index in [0.29, 0.717) is 0 Å². The number of para-hydroxylation sites is 1. The Bertz CT molecular complexity index is 2390. The molecule has 7 aromatic carbocycles. The van der Waals surface area contributed by atoms with Crippen molar-refractivity contribution in [1.29, 1.82) is 0 Å². The first kappa shape index (κ1) is 26.0. The van der Waals surface area contributed by atoms with Gasteiger partial charge in [-0.25, -0.2) is 0 Å². The molecule has 0 spiro atoms. The molecule has 0 bridgehead atoms. The molecule has 0 saturated carbocycles. The normalized spacial score (nSPS) is 15.3. The van der Waals surface area contributed by atoms with Crippen LogP contribution in [0.15, 0.2) is 170 Å². The highest BCUT2D eigenvalue weighted by atomic mass is 31.2. The summed E-state index contributed by atoms with van der Waals surface area (Å²) in [5.41, 5.74) is 9.86. The van der Waals surface area contributed by atoms with E-state index in [9.17, 15) is 0 Å². The summed E-state index contributed by atoms with van der Waals surface area (Å²) in [5.74, 6) is 0. The molecule has 1 aliphatic rings. The summed E-state index contributed by atoms with van der Waals surface area (Å²) >= 11 is 0. The third-order valence-corrected chi connectivity index (χ3v) is 12.3. The molecule has 1 atom stereocenters. The van der Waals surface area contributed by atoms with Gasteiger partial charge in [0, 0.05) is 27.1 Å². The minimum atomic E-state index is -3.21. The maximum absolute atomic E-state index is 15.9. The van der Waals surface area contributed by atoms with Crippen LogP contribution in [-0.4, -0.2) is 4.57 Å². The van der Waals surface area contributed by atoms with Gasteiger partial charge in [0.2, 0.25) is 0 Å². The van der Waals surface area contributed by atoms with E-state index in [0.717, 1.165) is 76.8 Å². The van der Waals surface area contributed by atoms with Gasteiger partial charge >= 0.3 is 0 Å². The average Bonchev–Trinajstić information content (AvgIpc) is 3.59. The van der Waals surface area contributed by atoms with Gasteiger partial charge in [0.05, 0.1) is 16.3 Å². The molecule has 1 unspecified atom stereocenters. The van der Waals surface area contributed by atoms with E-state index in [4.69, 9.17) is 0 Å². The molecule has 212 valence electrons. The second kappa shape index (κ2) is 10.1. The van der Waals surface area contributed by atoms with Gasteiger partial charge in [0.1, 0.15) is 0 Å². The molecular weight excluding hydrogens is 565 g/mol. The largest absolute Gasteiger partial charge is 0.309 e. The highest BCUT2D eigenvalue weighted by molar-refractivity contribution is 7.86. The SMILES string of the molecule is O=P1(c2ccccc2)c2ccccc2-c2ccc3c4ccccc4n(-c4cc(-c5ccccc5)cc(-c5ccccc5)c4)c3c21. The zero-order chi connectivity index (χ0) is 30.0. The molecule has 2 heterocycles. The number of benzene rings is 7. The molecule has 0 amide bonds. The molecule has 0 aliphatic carbocycles. The Kier molecular flexibility index (Phi) is 5.81. The molecule has 2 nitrogen and oxygen atoms in total.